The third kappa shape index (κ3) is 9.52. The molecule has 0 rings (SSSR count). The molecule has 0 spiro atoms. The number of aliphatic carboxylic acids is 1. The number of carboxylic acids is 1. The molecule has 0 radical (unpaired) electrons. The minimum atomic E-state index is -1.73. The second kappa shape index (κ2) is 5.36. The predicted octanol–water partition coefficient (Wildman–Crippen LogP) is 1.59. The molecule has 0 bridgehead atoms. The van der Waals surface area contributed by atoms with E-state index in [1.54, 1.807) is 0 Å². The van der Waals surface area contributed by atoms with Crippen molar-refractivity contribution in [3.05, 3.63) is 0 Å². The molecule has 1 N–H and O–H groups in total. The highest BCUT2D eigenvalue weighted by Gasteiger charge is 2.22. The predicted molar refractivity (Wildman–Crippen MR) is 45.2 cm³/mol. The summed E-state index contributed by atoms with van der Waals surface area (Å²) in [5, 5.41) is 8.08. The van der Waals surface area contributed by atoms with E-state index in [4.69, 9.17) is 39.9 Å². The van der Waals surface area contributed by atoms with Crippen LogP contribution in [0.3, 0.4) is 0 Å². The number of carboxylic acid groups (broad SMARTS) is 1. The second-order valence-corrected chi connectivity index (χ2v) is 4.35. The summed E-state index contributed by atoms with van der Waals surface area (Å²) in [6.07, 6.45) is -1.20. The van der Waals surface area contributed by atoms with Crippen molar-refractivity contribution in [3.63, 3.8) is 0 Å². The van der Waals surface area contributed by atoms with Crippen molar-refractivity contribution in [3.8, 4) is 0 Å². The molecule has 0 aromatic heterocycles. The zero-order valence-corrected chi connectivity index (χ0v) is 8.40. The van der Waals surface area contributed by atoms with Crippen LogP contribution in [-0.2, 0) is 14.3 Å². The van der Waals surface area contributed by atoms with Crippen LogP contribution < -0.4 is 0 Å². The molecule has 8 heteroatoms. The van der Waals surface area contributed by atoms with Crippen molar-refractivity contribution < 1.29 is 24.2 Å². The summed E-state index contributed by atoms with van der Waals surface area (Å²) in [5.74, 6) is -1.30. The number of carbonyl (C=O) groups is 2. The molecule has 0 saturated heterocycles. The van der Waals surface area contributed by atoms with E-state index in [1.807, 2.05) is 0 Å². The first kappa shape index (κ1) is 12.6. The van der Waals surface area contributed by atoms with Crippen molar-refractivity contribution in [2.45, 2.75) is 3.79 Å². The number of ether oxygens (including phenoxy) is 2. The van der Waals surface area contributed by atoms with Crippen molar-refractivity contribution in [1.29, 1.82) is 0 Å². The van der Waals surface area contributed by atoms with Gasteiger partial charge in [-0.2, -0.15) is 0 Å². The van der Waals surface area contributed by atoms with Crippen LogP contribution in [0.5, 0.6) is 0 Å². The van der Waals surface area contributed by atoms with E-state index in [0.717, 1.165) is 0 Å². The summed E-state index contributed by atoms with van der Waals surface area (Å²) in [4.78, 5) is 20.4. The molecular weight excluding hydrogens is 246 g/mol. The van der Waals surface area contributed by atoms with E-state index < -0.39 is 29.1 Å². The van der Waals surface area contributed by atoms with Crippen LogP contribution in [0.15, 0.2) is 0 Å². The maximum atomic E-state index is 10.5. The number of halogens is 3. The van der Waals surface area contributed by atoms with Gasteiger partial charge in [-0.05, 0) is 0 Å². The van der Waals surface area contributed by atoms with E-state index in [-0.39, 0.29) is 0 Å². The zero-order chi connectivity index (χ0) is 10.5. The highest BCUT2D eigenvalue weighted by atomic mass is 35.6. The molecule has 0 fully saturated rings. The van der Waals surface area contributed by atoms with Gasteiger partial charge in [0.05, 0.1) is 0 Å². The third-order valence-electron chi connectivity index (χ3n) is 0.667. The van der Waals surface area contributed by atoms with Crippen molar-refractivity contribution in [2.75, 3.05) is 13.2 Å². The number of hydrogen-bond acceptors (Lipinski definition) is 4. The number of carbonyl (C=O) groups excluding carboxylic acids is 1. The van der Waals surface area contributed by atoms with Gasteiger partial charge in [0, 0.05) is 0 Å². The molecule has 0 aliphatic carbocycles. The van der Waals surface area contributed by atoms with Crippen LogP contribution in [0.4, 0.5) is 4.79 Å². The van der Waals surface area contributed by atoms with Crippen LogP contribution in [0.25, 0.3) is 0 Å². The van der Waals surface area contributed by atoms with E-state index in [2.05, 4.69) is 9.47 Å². The fourth-order valence-electron chi connectivity index (χ4n) is 0.303. The molecule has 76 valence electrons. The fourth-order valence-corrected chi connectivity index (χ4v) is 0.467. The zero-order valence-electron chi connectivity index (χ0n) is 6.13. The average Bonchev–Trinajstić information content (AvgIpc) is 1.95. The Bertz CT molecular complexity index is 199. The van der Waals surface area contributed by atoms with E-state index in [1.165, 1.54) is 0 Å². The first-order valence-electron chi connectivity index (χ1n) is 2.89. The van der Waals surface area contributed by atoms with Gasteiger partial charge in [0.1, 0.15) is 6.61 Å². The lowest BCUT2D eigenvalue weighted by Crippen LogP contribution is -2.20. The van der Waals surface area contributed by atoms with Crippen molar-refractivity contribution >= 4 is 46.9 Å². The highest BCUT2D eigenvalue weighted by Crippen LogP contribution is 2.25. The lowest BCUT2D eigenvalue weighted by molar-refractivity contribution is -0.141. The van der Waals surface area contributed by atoms with Crippen molar-refractivity contribution in [1.82, 2.24) is 0 Å². The van der Waals surface area contributed by atoms with Crippen molar-refractivity contribution in [2.24, 2.45) is 0 Å². The highest BCUT2D eigenvalue weighted by molar-refractivity contribution is 6.67. The van der Waals surface area contributed by atoms with Gasteiger partial charge in [0.25, 0.3) is 0 Å². The Morgan fingerprint density at radius 2 is 1.77 bits per heavy atom. The van der Waals surface area contributed by atoms with Crippen LogP contribution in [0.1, 0.15) is 0 Å². The van der Waals surface area contributed by atoms with Gasteiger partial charge in [-0.25, -0.2) is 9.59 Å². The average molecular weight is 251 g/mol. The smallest absolute Gasteiger partial charge is 0.479 e. The lowest BCUT2D eigenvalue weighted by atomic mass is 10.7. The first-order valence-corrected chi connectivity index (χ1v) is 4.03. The molecular formula is C5H5Cl3O5. The summed E-state index contributed by atoms with van der Waals surface area (Å²) in [6, 6.07) is 0. The molecule has 0 aliphatic rings. The summed E-state index contributed by atoms with van der Waals surface area (Å²) in [5.41, 5.74) is 0. The standard InChI is InChI=1S/C5H5Cl3O5/c6-5(7,8)2-13-4(11)12-1-3(9)10/h1-2H2,(H,9,10). The van der Waals surface area contributed by atoms with Gasteiger partial charge in [0.2, 0.25) is 3.79 Å². The van der Waals surface area contributed by atoms with Crippen LogP contribution in [-0.4, -0.2) is 34.2 Å². The third-order valence-corrected chi connectivity index (χ3v) is 0.995. The molecule has 5 nitrogen and oxygen atoms in total. The second-order valence-electron chi connectivity index (χ2n) is 1.84. The van der Waals surface area contributed by atoms with Gasteiger partial charge in [-0.3, -0.25) is 0 Å². The summed E-state index contributed by atoms with van der Waals surface area (Å²) in [7, 11) is 0. The summed E-state index contributed by atoms with van der Waals surface area (Å²) in [6.45, 7) is -1.30. The molecule has 0 saturated carbocycles. The molecule has 0 atom stereocenters. The minimum absolute atomic E-state index is 0.504. The van der Waals surface area contributed by atoms with E-state index >= 15 is 0 Å². The molecule has 0 unspecified atom stereocenters. The Morgan fingerprint density at radius 3 is 2.15 bits per heavy atom. The molecule has 0 aromatic carbocycles. The lowest BCUT2D eigenvalue weighted by Gasteiger charge is -2.10. The SMILES string of the molecule is O=C(O)COC(=O)OCC(Cl)(Cl)Cl. The van der Waals surface area contributed by atoms with Crippen LogP contribution >= 0.6 is 34.8 Å². The summed E-state index contributed by atoms with van der Waals surface area (Å²) >= 11 is 15.7. The normalized spacial score (nSPS) is 10.7. The van der Waals surface area contributed by atoms with Gasteiger partial charge >= 0.3 is 12.1 Å². The Balaban J connectivity index is 3.58. The Kier molecular flexibility index (Phi) is 5.20. The van der Waals surface area contributed by atoms with Gasteiger partial charge in [0.15, 0.2) is 6.61 Å². The van der Waals surface area contributed by atoms with Gasteiger partial charge < -0.3 is 14.6 Å². The maximum Gasteiger partial charge on any atom is 0.508 e. The minimum Gasteiger partial charge on any atom is -0.479 e. The van der Waals surface area contributed by atoms with Crippen LogP contribution in [0, 0.1) is 0 Å². The quantitative estimate of drug-likeness (QED) is 0.609. The number of hydrogen-bond donors (Lipinski definition) is 1. The molecule has 0 heterocycles. The topological polar surface area (TPSA) is 72.8 Å². The fraction of sp³-hybridized carbons (Fsp3) is 0.600. The monoisotopic (exact) mass is 250 g/mol. The van der Waals surface area contributed by atoms with E-state index in [9.17, 15) is 9.59 Å². The maximum absolute atomic E-state index is 10.5. The molecule has 0 aromatic rings. The molecule has 0 aliphatic heterocycles. The summed E-state index contributed by atoms with van der Waals surface area (Å²) < 4.78 is 6.56. The van der Waals surface area contributed by atoms with Gasteiger partial charge in [-0.15, -0.1) is 0 Å². The first-order chi connectivity index (χ1) is 5.81. The molecule has 0 amide bonds. The Labute approximate surface area is 88.5 Å². The molecule has 13 heavy (non-hydrogen) atoms. The Hall–Kier alpha value is -0.390. The van der Waals surface area contributed by atoms with Gasteiger partial charge in [-0.1, -0.05) is 34.8 Å². The largest absolute Gasteiger partial charge is 0.508 e. The Morgan fingerprint density at radius 1 is 1.23 bits per heavy atom. The van der Waals surface area contributed by atoms with Crippen LogP contribution in [0.2, 0.25) is 0 Å². The number of rotatable bonds is 3. The number of alkyl halides is 3. The van der Waals surface area contributed by atoms with E-state index in [0.29, 0.717) is 0 Å².